The molecule has 0 aliphatic rings. The molecule has 3 aromatic rings. The highest BCUT2D eigenvalue weighted by Gasteiger charge is 2.11. The molecule has 0 amide bonds. The first-order valence-electron chi connectivity index (χ1n) is 5.88. The van der Waals surface area contributed by atoms with Gasteiger partial charge < -0.3 is 0 Å². The zero-order valence-corrected chi connectivity index (χ0v) is 10.7. The highest BCUT2D eigenvalue weighted by atomic mass is 35.5. The Kier molecular flexibility index (Phi) is 2.76. The van der Waals surface area contributed by atoms with Crippen molar-refractivity contribution in [3.05, 3.63) is 53.4 Å². The van der Waals surface area contributed by atoms with Crippen LogP contribution in [0.2, 0.25) is 5.15 Å². The van der Waals surface area contributed by atoms with Crippen LogP contribution in [0.5, 0.6) is 0 Å². The fraction of sp³-hybridized carbons (Fsp3) is 0.143. The Morgan fingerprint density at radius 3 is 2.72 bits per heavy atom. The van der Waals surface area contributed by atoms with Gasteiger partial charge >= 0.3 is 0 Å². The first kappa shape index (κ1) is 11.2. The van der Waals surface area contributed by atoms with Crippen LogP contribution in [-0.2, 0) is 6.42 Å². The Morgan fingerprint density at radius 1 is 1.22 bits per heavy atom. The van der Waals surface area contributed by atoms with Crippen molar-refractivity contribution in [1.82, 2.24) is 14.6 Å². The number of nitrogens with zero attached hydrogens (tertiary/aromatic N) is 3. The van der Waals surface area contributed by atoms with E-state index < -0.39 is 0 Å². The molecule has 2 heterocycles. The normalized spacial score (nSPS) is 11.0. The maximum absolute atomic E-state index is 6.20. The van der Waals surface area contributed by atoms with Gasteiger partial charge in [0.05, 0.1) is 6.20 Å². The van der Waals surface area contributed by atoms with Gasteiger partial charge in [-0.15, -0.1) is 0 Å². The number of fused-ring (bicyclic) bond motifs is 1. The molecule has 0 spiro atoms. The van der Waals surface area contributed by atoms with E-state index in [2.05, 4.69) is 17.0 Å². The molecule has 0 aliphatic heterocycles. The Bertz CT molecular complexity index is 689. The van der Waals surface area contributed by atoms with Crippen LogP contribution in [0.4, 0.5) is 0 Å². The lowest BCUT2D eigenvalue weighted by Crippen LogP contribution is -1.96. The van der Waals surface area contributed by atoms with E-state index in [9.17, 15) is 0 Å². The molecule has 3 rings (SSSR count). The predicted octanol–water partition coefficient (Wildman–Crippen LogP) is 3.61. The van der Waals surface area contributed by atoms with Gasteiger partial charge in [0.2, 0.25) is 0 Å². The van der Waals surface area contributed by atoms with Gasteiger partial charge in [0.15, 0.2) is 5.65 Å². The summed E-state index contributed by atoms with van der Waals surface area (Å²) in [6, 6.07) is 12.0. The van der Waals surface area contributed by atoms with E-state index in [1.165, 1.54) is 0 Å². The van der Waals surface area contributed by atoms with Crippen molar-refractivity contribution in [2.24, 2.45) is 0 Å². The molecule has 0 N–H and O–H groups in total. The van der Waals surface area contributed by atoms with Crippen LogP contribution in [0, 0.1) is 0 Å². The number of hydrogen-bond donors (Lipinski definition) is 0. The van der Waals surface area contributed by atoms with Crippen molar-refractivity contribution in [3.63, 3.8) is 0 Å². The van der Waals surface area contributed by atoms with Crippen LogP contribution in [0.25, 0.3) is 16.8 Å². The molecule has 90 valence electrons. The van der Waals surface area contributed by atoms with Crippen LogP contribution < -0.4 is 0 Å². The lowest BCUT2D eigenvalue weighted by molar-refractivity contribution is 0.913. The number of aryl methyl sites for hydroxylation is 1. The number of rotatable bonds is 2. The third kappa shape index (κ3) is 1.77. The lowest BCUT2D eigenvalue weighted by Gasteiger charge is -2.02. The zero-order chi connectivity index (χ0) is 12.5. The van der Waals surface area contributed by atoms with Crippen molar-refractivity contribution in [1.29, 1.82) is 0 Å². The van der Waals surface area contributed by atoms with Crippen LogP contribution >= 0.6 is 11.6 Å². The molecule has 3 nitrogen and oxygen atoms in total. The summed E-state index contributed by atoms with van der Waals surface area (Å²) in [7, 11) is 0. The van der Waals surface area contributed by atoms with Crippen LogP contribution in [0.3, 0.4) is 0 Å². The number of hydrogen-bond acceptors (Lipinski definition) is 2. The molecule has 2 aromatic heterocycles. The molecule has 18 heavy (non-hydrogen) atoms. The fourth-order valence-corrected chi connectivity index (χ4v) is 2.22. The van der Waals surface area contributed by atoms with Crippen molar-refractivity contribution in [2.45, 2.75) is 13.3 Å². The first-order chi connectivity index (χ1) is 8.79. The lowest BCUT2D eigenvalue weighted by atomic mass is 10.1. The van der Waals surface area contributed by atoms with Crippen molar-refractivity contribution >= 4 is 17.2 Å². The molecule has 0 radical (unpaired) electrons. The monoisotopic (exact) mass is 257 g/mol. The van der Waals surface area contributed by atoms with E-state index in [1.807, 2.05) is 42.6 Å². The summed E-state index contributed by atoms with van der Waals surface area (Å²) >= 11 is 6.20. The van der Waals surface area contributed by atoms with Gasteiger partial charge in [-0.3, -0.25) is 0 Å². The highest BCUT2D eigenvalue weighted by molar-refractivity contribution is 6.29. The molecule has 0 fully saturated rings. The zero-order valence-electron chi connectivity index (χ0n) is 9.97. The summed E-state index contributed by atoms with van der Waals surface area (Å²) in [5.74, 6) is 0. The molecule has 0 atom stereocenters. The van der Waals surface area contributed by atoms with Crippen LogP contribution in [0.15, 0.2) is 42.6 Å². The van der Waals surface area contributed by atoms with Gasteiger partial charge in [-0.2, -0.15) is 5.10 Å². The second-order valence-electron chi connectivity index (χ2n) is 4.08. The van der Waals surface area contributed by atoms with Gasteiger partial charge in [-0.05, 0) is 18.1 Å². The summed E-state index contributed by atoms with van der Waals surface area (Å²) in [6.45, 7) is 2.06. The standard InChI is InChI=1S/C14H12ClN3/c1-2-11-8-13(15)18-14(17-11)12(9-16-18)10-6-4-3-5-7-10/h3-9H,2H2,1H3. The Morgan fingerprint density at radius 2 is 2.00 bits per heavy atom. The maximum atomic E-state index is 6.20. The van der Waals surface area contributed by atoms with E-state index in [1.54, 1.807) is 4.52 Å². The van der Waals surface area contributed by atoms with Gasteiger partial charge in [0, 0.05) is 11.3 Å². The van der Waals surface area contributed by atoms with E-state index in [4.69, 9.17) is 11.6 Å². The minimum absolute atomic E-state index is 0.596. The molecule has 0 bridgehead atoms. The van der Waals surface area contributed by atoms with Crippen molar-refractivity contribution in [2.75, 3.05) is 0 Å². The Balaban J connectivity index is 2.28. The molecule has 0 aliphatic carbocycles. The largest absolute Gasteiger partial charge is 0.233 e. The average Bonchev–Trinajstić information content (AvgIpc) is 2.84. The minimum Gasteiger partial charge on any atom is -0.233 e. The molecular formula is C14H12ClN3. The third-order valence-electron chi connectivity index (χ3n) is 2.93. The van der Waals surface area contributed by atoms with E-state index in [0.29, 0.717) is 5.15 Å². The minimum atomic E-state index is 0.596. The summed E-state index contributed by atoms with van der Waals surface area (Å²) < 4.78 is 1.67. The summed E-state index contributed by atoms with van der Waals surface area (Å²) in [5, 5.41) is 4.89. The van der Waals surface area contributed by atoms with Crippen molar-refractivity contribution < 1.29 is 0 Å². The van der Waals surface area contributed by atoms with Gasteiger partial charge in [-0.25, -0.2) is 9.50 Å². The number of aromatic nitrogens is 3. The maximum Gasteiger partial charge on any atom is 0.164 e. The topological polar surface area (TPSA) is 30.2 Å². The number of halogens is 1. The quantitative estimate of drug-likeness (QED) is 0.657. The second kappa shape index (κ2) is 4.42. The van der Waals surface area contributed by atoms with Gasteiger partial charge in [0.1, 0.15) is 5.15 Å². The molecule has 0 unspecified atom stereocenters. The van der Waals surface area contributed by atoms with E-state index in [0.717, 1.165) is 28.9 Å². The third-order valence-corrected chi connectivity index (χ3v) is 3.20. The average molecular weight is 258 g/mol. The predicted molar refractivity (Wildman–Crippen MR) is 72.8 cm³/mol. The SMILES string of the molecule is CCc1cc(Cl)n2ncc(-c3ccccc3)c2n1. The molecule has 0 saturated carbocycles. The molecule has 4 heteroatoms. The summed E-state index contributed by atoms with van der Waals surface area (Å²) in [5.41, 5.74) is 3.90. The molecule has 0 saturated heterocycles. The van der Waals surface area contributed by atoms with E-state index >= 15 is 0 Å². The van der Waals surface area contributed by atoms with Gasteiger partial charge in [0.25, 0.3) is 0 Å². The summed E-state index contributed by atoms with van der Waals surface area (Å²) in [6.07, 6.45) is 2.67. The fourth-order valence-electron chi connectivity index (χ4n) is 1.98. The molecule has 1 aromatic carbocycles. The Hall–Kier alpha value is -1.87. The smallest absolute Gasteiger partial charge is 0.164 e. The van der Waals surface area contributed by atoms with E-state index in [-0.39, 0.29) is 0 Å². The molecular weight excluding hydrogens is 246 g/mol. The van der Waals surface area contributed by atoms with Crippen LogP contribution in [0.1, 0.15) is 12.6 Å². The highest BCUT2D eigenvalue weighted by Crippen LogP contribution is 2.25. The first-order valence-corrected chi connectivity index (χ1v) is 6.26. The summed E-state index contributed by atoms with van der Waals surface area (Å²) in [4.78, 5) is 4.61. The van der Waals surface area contributed by atoms with Crippen LogP contribution in [-0.4, -0.2) is 14.6 Å². The van der Waals surface area contributed by atoms with Gasteiger partial charge in [-0.1, -0.05) is 48.9 Å². The Labute approximate surface area is 110 Å². The second-order valence-corrected chi connectivity index (χ2v) is 4.47. The van der Waals surface area contributed by atoms with Crippen molar-refractivity contribution in [3.8, 4) is 11.1 Å². The number of benzene rings is 1.